The molecular formula is C20H29FeI. The second-order valence-electron chi connectivity index (χ2n) is 13.0. The Bertz CT molecular complexity index is 1010. The summed E-state index contributed by atoms with van der Waals surface area (Å²) in [6, 6.07) is 0. The molecule has 10 aliphatic rings. The van der Waals surface area contributed by atoms with Gasteiger partial charge in [0, 0.05) is 0 Å². The Kier molecular flexibility index (Phi) is 0.607. The second-order valence-corrected chi connectivity index (χ2v) is 39.0. The van der Waals surface area contributed by atoms with Crippen LogP contribution in [0, 0.1) is 0 Å². The van der Waals surface area contributed by atoms with Gasteiger partial charge < -0.3 is 0 Å². The van der Waals surface area contributed by atoms with E-state index in [-0.39, 0.29) is 0 Å². The summed E-state index contributed by atoms with van der Waals surface area (Å²) in [5, 5.41) is 0. The van der Waals surface area contributed by atoms with Crippen LogP contribution in [-0.4, -0.2) is 2.32 Å². The average Bonchev–Trinajstić information content (AvgIpc) is 3.46. The van der Waals surface area contributed by atoms with Gasteiger partial charge in [-0.05, 0) is 0 Å². The Morgan fingerprint density at radius 3 is 1.64 bits per heavy atom. The van der Waals surface area contributed by atoms with Crippen molar-refractivity contribution in [3.8, 4) is 0 Å². The van der Waals surface area contributed by atoms with Crippen LogP contribution in [0.1, 0.15) is 64.7 Å². The molecular weight excluding hydrogens is 423 g/mol. The maximum absolute atomic E-state index is 3.20. The van der Waals surface area contributed by atoms with Crippen molar-refractivity contribution in [2.24, 2.45) is 0 Å². The van der Waals surface area contributed by atoms with E-state index in [9.17, 15) is 0 Å². The van der Waals surface area contributed by atoms with Crippen LogP contribution in [0.3, 0.4) is 0 Å². The van der Waals surface area contributed by atoms with Gasteiger partial charge in [0.2, 0.25) is 0 Å². The third-order valence-electron chi connectivity index (χ3n) is 17.4. The van der Waals surface area contributed by atoms with E-state index in [0.29, 0.717) is 0 Å². The van der Waals surface area contributed by atoms with Crippen LogP contribution >= 0.6 is 22.6 Å². The molecule has 0 aromatic carbocycles. The first-order valence-electron chi connectivity index (χ1n) is 10.4. The summed E-state index contributed by atoms with van der Waals surface area (Å²) in [7, 11) is 0. The van der Waals surface area contributed by atoms with Gasteiger partial charge in [0.1, 0.15) is 0 Å². The van der Waals surface area contributed by atoms with Gasteiger partial charge in [0.05, 0.1) is 0 Å². The first-order chi connectivity index (χ1) is 10.5. The number of hydrogen-bond acceptors (Lipinski definition) is 0. The molecule has 10 saturated heterocycles. The van der Waals surface area contributed by atoms with Crippen molar-refractivity contribution in [3.05, 3.63) is 0 Å². The summed E-state index contributed by atoms with van der Waals surface area (Å²) in [5.74, 6) is 0. The van der Waals surface area contributed by atoms with Crippen LogP contribution in [0.15, 0.2) is 0 Å². The first kappa shape index (κ1) is 11.1. The monoisotopic (exact) mass is 452 g/mol. The zero-order valence-corrected chi connectivity index (χ0v) is 17.0. The molecule has 0 N–H and O–H groups in total. The molecule has 10 aliphatic heterocycles. The molecule has 0 aliphatic carbocycles. The predicted octanol–water partition coefficient (Wildman–Crippen LogP) is 7.62. The average molecular weight is 452 g/mol. The SMILES string of the molecule is CCCCCCCCCC[C]12[CH]3[CH]4[CH]5[C]1(I)[Fe]45321678[CH]2[CH]1[CH]6[CH]7[CH]28. The van der Waals surface area contributed by atoms with Gasteiger partial charge in [-0.1, -0.05) is 0 Å². The molecule has 124 valence electrons. The minimum absolute atomic E-state index is 1.10. The maximum atomic E-state index is 3.20. The fourth-order valence-electron chi connectivity index (χ4n) is 18.9. The fourth-order valence-corrected chi connectivity index (χ4v) is 112. The topological polar surface area (TPSA) is 0 Å². The van der Waals surface area contributed by atoms with Crippen LogP contribution in [0.5, 0.6) is 0 Å². The Morgan fingerprint density at radius 1 is 0.727 bits per heavy atom. The van der Waals surface area contributed by atoms with Gasteiger partial charge in [0.25, 0.3) is 0 Å². The zero-order valence-electron chi connectivity index (χ0n) is 13.7. The van der Waals surface area contributed by atoms with Crippen LogP contribution in [-0.2, 0) is 6.51 Å². The Labute approximate surface area is 138 Å². The third-order valence-corrected chi connectivity index (χ3v) is 70.9. The molecule has 0 aromatic rings. The van der Waals surface area contributed by atoms with Crippen LogP contribution in [0.4, 0.5) is 0 Å². The van der Waals surface area contributed by atoms with E-state index in [1.54, 1.807) is 25.7 Å². The van der Waals surface area contributed by atoms with Crippen LogP contribution < -0.4 is 0 Å². The molecule has 0 aromatic heterocycles. The number of alkyl halides is 1. The van der Waals surface area contributed by atoms with Gasteiger partial charge in [-0.15, -0.1) is 0 Å². The number of unbranched alkanes of at least 4 members (excludes halogenated alkanes) is 7. The molecule has 10 rings (SSSR count). The van der Waals surface area contributed by atoms with Gasteiger partial charge in [-0.25, -0.2) is 0 Å². The molecule has 0 bridgehead atoms. The van der Waals surface area contributed by atoms with E-state index in [1.807, 2.05) is 0 Å². The van der Waals surface area contributed by atoms with Crippen LogP contribution in [0.25, 0.3) is 0 Å². The second kappa shape index (κ2) is 1.21. The van der Waals surface area contributed by atoms with Gasteiger partial charge in [-0.3, -0.25) is 0 Å². The Hall–Kier alpha value is 1.25. The molecule has 5 unspecified atom stereocenters. The Morgan fingerprint density at radius 2 is 1.27 bits per heavy atom. The van der Waals surface area contributed by atoms with Gasteiger partial charge in [-0.2, -0.15) is 0 Å². The molecule has 2 heteroatoms. The Balaban J connectivity index is 0.953. The van der Waals surface area contributed by atoms with Crippen molar-refractivity contribution in [1.29, 1.82) is 0 Å². The van der Waals surface area contributed by atoms with Crippen LogP contribution in [0.2, 0.25) is 42.8 Å². The van der Waals surface area contributed by atoms with E-state index in [4.69, 9.17) is 0 Å². The molecule has 0 nitrogen and oxygen atoms in total. The van der Waals surface area contributed by atoms with E-state index < -0.39 is 6.51 Å². The normalized spacial score (nSPS) is 98.3. The molecule has 0 amide bonds. The third kappa shape index (κ3) is 0.152. The van der Waals surface area contributed by atoms with E-state index in [0.717, 1.165) is 6.63 Å². The summed E-state index contributed by atoms with van der Waals surface area (Å²) in [4.78, 5) is 12.2. The summed E-state index contributed by atoms with van der Waals surface area (Å²) in [5.41, 5.74) is 0. The number of rotatable bonds is 9. The van der Waals surface area contributed by atoms with E-state index >= 15 is 0 Å². The molecule has 22 heavy (non-hydrogen) atoms. The van der Waals surface area contributed by atoms with E-state index in [1.165, 1.54) is 70.6 Å². The van der Waals surface area contributed by atoms with E-state index in [2.05, 4.69) is 29.5 Å². The van der Waals surface area contributed by atoms with Crippen molar-refractivity contribution in [2.45, 2.75) is 110 Å². The molecule has 5 atom stereocenters. The fraction of sp³-hybridized carbons (Fsp3) is 1.00. The summed E-state index contributed by atoms with van der Waals surface area (Å²) < 4.78 is 2.26. The van der Waals surface area contributed by atoms with Gasteiger partial charge >= 0.3 is 139 Å². The molecule has 10 fully saturated rings. The summed E-state index contributed by atoms with van der Waals surface area (Å²) >= 11 is 3.20. The standard InChI is InChI=1S/C15H24I.C5H5.Fe/c1-2-3-4-5-6-7-8-9-11-14-12-10-13-15(14)16;1-2-4-5-3-1;/h10,12-13H,2-9,11H2,1H3;1-5H;. The molecule has 0 radical (unpaired) electrons. The minimum atomic E-state index is -2.83. The van der Waals surface area contributed by atoms with Crippen molar-refractivity contribution < 1.29 is 6.51 Å². The first-order valence-corrected chi connectivity index (χ1v) is 17.7. The predicted molar refractivity (Wildman–Crippen MR) is 96.7 cm³/mol. The molecule has 10 heterocycles. The van der Waals surface area contributed by atoms with Crippen molar-refractivity contribution in [3.63, 3.8) is 0 Å². The zero-order chi connectivity index (χ0) is 14.3. The quantitative estimate of drug-likeness (QED) is 0.146. The number of hydrogen-bond donors (Lipinski definition) is 0. The van der Waals surface area contributed by atoms with Gasteiger partial charge in [0.15, 0.2) is 0 Å². The number of halogens is 1. The summed E-state index contributed by atoms with van der Waals surface area (Å²) in [6.07, 6.45) is 14.0. The van der Waals surface area contributed by atoms with Crippen molar-refractivity contribution in [2.75, 3.05) is 0 Å². The van der Waals surface area contributed by atoms with Crippen molar-refractivity contribution in [1.82, 2.24) is 0 Å². The summed E-state index contributed by atoms with van der Waals surface area (Å²) in [6.45, 7) is -0.496. The molecule has 0 saturated carbocycles. The number of fused-ring (bicyclic) bond motifs is 10. The van der Waals surface area contributed by atoms with Crippen molar-refractivity contribution >= 4 is 22.6 Å². The molecule has 1 spiro atoms.